The van der Waals surface area contributed by atoms with Crippen molar-refractivity contribution in [3.63, 3.8) is 0 Å². The van der Waals surface area contributed by atoms with Gasteiger partial charge >= 0.3 is 5.63 Å². The molecule has 3 rings (SSSR count). The molecule has 0 atom stereocenters. The van der Waals surface area contributed by atoms with Crippen LogP contribution in [0.5, 0.6) is 0 Å². The van der Waals surface area contributed by atoms with Crippen LogP contribution in [-0.2, 0) is 19.4 Å². The maximum atomic E-state index is 11.7. The number of furan rings is 1. The molecule has 0 saturated carbocycles. The van der Waals surface area contributed by atoms with Gasteiger partial charge in [0.2, 0.25) is 0 Å². The number of rotatable bonds is 6. The van der Waals surface area contributed by atoms with Gasteiger partial charge in [-0.1, -0.05) is 19.1 Å². The van der Waals surface area contributed by atoms with Crippen molar-refractivity contribution in [3.8, 4) is 0 Å². The molecule has 2 heterocycles. The Bertz CT molecular complexity index is 803. The summed E-state index contributed by atoms with van der Waals surface area (Å²) >= 11 is 0. The minimum atomic E-state index is -0.302. The summed E-state index contributed by atoms with van der Waals surface area (Å²) in [4.78, 5) is 11.7. The van der Waals surface area contributed by atoms with Crippen LogP contribution in [0, 0.1) is 0 Å². The lowest BCUT2D eigenvalue weighted by Crippen LogP contribution is -2.17. The summed E-state index contributed by atoms with van der Waals surface area (Å²) in [7, 11) is 0. The van der Waals surface area contributed by atoms with E-state index in [9.17, 15) is 4.79 Å². The maximum Gasteiger partial charge on any atom is 0.336 e. The van der Waals surface area contributed by atoms with Crippen molar-refractivity contribution in [3.05, 3.63) is 70.0 Å². The molecule has 1 N–H and O–H groups in total. The highest BCUT2D eigenvalue weighted by atomic mass is 16.4. The molecule has 0 saturated heterocycles. The Labute approximate surface area is 128 Å². The van der Waals surface area contributed by atoms with Gasteiger partial charge in [0.05, 0.1) is 6.26 Å². The molecule has 1 aromatic carbocycles. The average Bonchev–Trinajstić information content (AvgIpc) is 3.04. The predicted molar refractivity (Wildman–Crippen MR) is 86.0 cm³/mol. The van der Waals surface area contributed by atoms with Crippen LogP contribution in [0.25, 0.3) is 11.0 Å². The van der Waals surface area contributed by atoms with E-state index in [4.69, 9.17) is 8.83 Å². The van der Waals surface area contributed by atoms with Crippen molar-refractivity contribution in [1.29, 1.82) is 0 Å². The molecule has 0 aliphatic heterocycles. The van der Waals surface area contributed by atoms with Gasteiger partial charge in [-0.3, -0.25) is 0 Å². The summed E-state index contributed by atoms with van der Waals surface area (Å²) in [5.74, 6) is 0.956. The molecular formula is C18H19NO3. The fraction of sp³-hybridized carbons (Fsp3) is 0.278. The van der Waals surface area contributed by atoms with Crippen molar-refractivity contribution >= 4 is 11.0 Å². The van der Waals surface area contributed by atoms with Crippen LogP contribution in [0.4, 0.5) is 0 Å². The Hall–Kier alpha value is -2.33. The molecule has 2 aromatic heterocycles. The van der Waals surface area contributed by atoms with Crippen molar-refractivity contribution in [2.24, 2.45) is 0 Å². The minimum absolute atomic E-state index is 0.302. The Morgan fingerprint density at radius 3 is 2.86 bits per heavy atom. The van der Waals surface area contributed by atoms with Gasteiger partial charge in [0, 0.05) is 31.0 Å². The summed E-state index contributed by atoms with van der Waals surface area (Å²) in [6.45, 7) is 3.51. The van der Waals surface area contributed by atoms with Gasteiger partial charge in [0.25, 0.3) is 0 Å². The number of nitrogens with one attached hydrogen (secondary N) is 1. The highest BCUT2D eigenvalue weighted by molar-refractivity contribution is 5.80. The van der Waals surface area contributed by atoms with E-state index < -0.39 is 0 Å². The van der Waals surface area contributed by atoms with E-state index in [0.29, 0.717) is 12.1 Å². The summed E-state index contributed by atoms with van der Waals surface area (Å²) < 4.78 is 10.6. The molecule has 0 aliphatic rings. The predicted octanol–water partition coefficient (Wildman–Crippen LogP) is 3.28. The van der Waals surface area contributed by atoms with Gasteiger partial charge in [-0.05, 0) is 35.7 Å². The van der Waals surface area contributed by atoms with Crippen LogP contribution in [0.1, 0.15) is 23.8 Å². The monoisotopic (exact) mass is 297 g/mol. The quantitative estimate of drug-likeness (QED) is 0.560. The molecule has 4 nitrogen and oxygen atoms in total. The van der Waals surface area contributed by atoms with Crippen LogP contribution < -0.4 is 10.9 Å². The highest BCUT2D eigenvalue weighted by Gasteiger charge is 2.06. The molecule has 0 spiro atoms. The van der Waals surface area contributed by atoms with Gasteiger partial charge in [-0.15, -0.1) is 0 Å². The van der Waals surface area contributed by atoms with Crippen molar-refractivity contribution in [2.45, 2.75) is 26.3 Å². The Morgan fingerprint density at radius 2 is 2.09 bits per heavy atom. The first-order chi connectivity index (χ1) is 10.8. The molecule has 0 unspecified atom stereocenters. The van der Waals surface area contributed by atoms with E-state index >= 15 is 0 Å². The lowest BCUT2D eigenvalue weighted by atomic mass is 10.1. The van der Waals surface area contributed by atoms with Gasteiger partial charge in [0.15, 0.2) is 0 Å². The largest absolute Gasteiger partial charge is 0.469 e. The zero-order valence-corrected chi connectivity index (χ0v) is 12.6. The zero-order chi connectivity index (χ0) is 15.4. The number of hydrogen-bond acceptors (Lipinski definition) is 4. The smallest absolute Gasteiger partial charge is 0.336 e. The van der Waals surface area contributed by atoms with E-state index in [0.717, 1.165) is 36.1 Å². The summed E-state index contributed by atoms with van der Waals surface area (Å²) in [6, 6.07) is 11.5. The van der Waals surface area contributed by atoms with E-state index in [1.807, 2.05) is 24.3 Å². The summed E-state index contributed by atoms with van der Waals surface area (Å²) in [5, 5.41) is 4.34. The number of fused-ring (bicyclic) bond motifs is 1. The zero-order valence-electron chi connectivity index (χ0n) is 12.6. The second kappa shape index (κ2) is 6.62. The Morgan fingerprint density at radius 1 is 1.18 bits per heavy atom. The van der Waals surface area contributed by atoms with Crippen LogP contribution in [0.15, 0.2) is 56.3 Å². The highest BCUT2D eigenvalue weighted by Crippen LogP contribution is 2.19. The molecule has 114 valence electrons. The molecule has 4 heteroatoms. The van der Waals surface area contributed by atoms with Crippen LogP contribution in [-0.4, -0.2) is 6.54 Å². The van der Waals surface area contributed by atoms with Gasteiger partial charge in [0.1, 0.15) is 11.3 Å². The second-order valence-electron chi connectivity index (χ2n) is 5.28. The molecule has 0 bridgehead atoms. The first kappa shape index (κ1) is 14.6. The third-order valence-electron chi connectivity index (χ3n) is 3.75. The van der Waals surface area contributed by atoms with Crippen molar-refractivity contribution in [2.75, 3.05) is 6.54 Å². The molecule has 0 fully saturated rings. The van der Waals surface area contributed by atoms with Crippen molar-refractivity contribution in [1.82, 2.24) is 5.32 Å². The normalized spacial score (nSPS) is 11.1. The third kappa shape index (κ3) is 3.28. The maximum absolute atomic E-state index is 11.7. The topological polar surface area (TPSA) is 55.4 Å². The number of hydrogen-bond donors (Lipinski definition) is 1. The lowest BCUT2D eigenvalue weighted by molar-refractivity contribution is 0.498. The molecule has 22 heavy (non-hydrogen) atoms. The average molecular weight is 297 g/mol. The second-order valence-corrected chi connectivity index (χ2v) is 5.28. The Balaban J connectivity index is 1.73. The molecule has 0 aliphatic carbocycles. The van der Waals surface area contributed by atoms with Gasteiger partial charge in [-0.2, -0.15) is 0 Å². The van der Waals surface area contributed by atoms with E-state index in [1.165, 1.54) is 5.56 Å². The SMILES string of the molecule is CCc1ccc2c(CNCCc3ccco3)cc(=O)oc2c1. The molecule has 3 aromatic rings. The fourth-order valence-electron chi connectivity index (χ4n) is 2.53. The molecule has 0 radical (unpaired) electrons. The van der Waals surface area contributed by atoms with E-state index in [1.54, 1.807) is 12.3 Å². The standard InChI is InChI=1S/C18H19NO3/c1-2-13-5-6-16-14(11-18(20)22-17(16)10-13)12-19-8-7-15-4-3-9-21-15/h3-6,9-11,19H,2,7-8,12H2,1H3. The number of benzene rings is 1. The van der Waals surface area contributed by atoms with Gasteiger partial charge in [-0.25, -0.2) is 4.79 Å². The lowest BCUT2D eigenvalue weighted by Gasteiger charge is -2.08. The molecule has 0 amide bonds. The van der Waals surface area contributed by atoms with Crippen LogP contribution in [0.2, 0.25) is 0 Å². The van der Waals surface area contributed by atoms with Crippen LogP contribution in [0.3, 0.4) is 0 Å². The fourth-order valence-corrected chi connectivity index (χ4v) is 2.53. The summed E-state index contributed by atoms with van der Waals surface area (Å²) in [6.07, 6.45) is 3.42. The van der Waals surface area contributed by atoms with Crippen LogP contribution >= 0.6 is 0 Å². The molecular weight excluding hydrogens is 278 g/mol. The first-order valence-electron chi connectivity index (χ1n) is 7.55. The Kier molecular flexibility index (Phi) is 4.39. The summed E-state index contributed by atoms with van der Waals surface area (Å²) in [5.41, 5.74) is 2.49. The van der Waals surface area contributed by atoms with E-state index in [2.05, 4.69) is 18.3 Å². The third-order valence-corrected chi connectivity index (χ3v) is 3.75. The minimum Gasteiger partial charge on any atom is -0.469 e. The van der Waals surface area contributed by atoms with E-state index in [-0.39, 0.29) is 5.63 Å². The van der Waals surface area contributed by atoms with Gasteiger partial charge < -0.3 is 14.2 Å². The van der Waals surface area contributed by atoms with Crippen molar-refractivity contribution < 1.29 is 8.83 Å². The first-order valence-corrected chi connectivity index (χ1v) is 7.55. The number of aryl methyl sites for hydroxylation is 1.